The van der Waals surface area contributed by atoms with Crippen molar-refractivity contribution in [1.29, 1.82) is 5.26 Å². The highest BCUT2D eigenvalue weighted by Gasteiger charge is 2.63. The topological polar surface area (TPSA) is 70.0 Å². The van der Waals surface area contributed by atoms with Crippen LogP contribution in [0, 0.1) is 56.2 Å². The molecule has 3 rings (SSSR count). The average Bonchev–Trinajstić information content (AvgIpc) is 2.79. The van der Waals surface area contributed by atoms with E-state index >= 15 is 0 Å². The van der Waals surface area contributed by atoms with E-state index in [1.54, 1.807) is 6.92 Å². The quantitative estimate of drug-likeness (QED) is 0.348. The summed E-state index contributed by atoms with van der Waals surface area (Å²) in [5.74, 6) is 0.986. The maximum Gasteiger partial charge on any atom is 0.178 e. The van der Waals surface area contributed by atoms with Crippen LogP contribution < -0.4 is 5.32 Å². The van der Waals surface area contributed by atoms with Gasteiger partial charge in [-0.15, -0.1) is 0 Å². The van der Waals surface area contributed by atoms with E-state index in [9.17, 15) is 14.9 Å². The lowest BCUT2D eigenvalue weighted by atomic mass is 9.39. The summed E-state index contributed by atoms with van der Waals surface area (Å²) in [6, 6.07) is 2.22. The highest BCUT2D eigenvalue weighted by Crippen LogP contribution is 2.68. The van der Waals surface area contributed by atoms with Gasteiger partial charge >= 0.3 is 0 Å². The van der Waals surface area contributed by atoms with Crippen molar-refractivity contribution < 1.29 is 9.59 Å². The van der Waals surface area contributed by atoms with Crippen LogP contribution in [0.15, 0.2) is 11.6 Å². The van der Waals surface area contributed by atoms with Crippen molar-refractivity contribution in [1.82, 2.24) is 5.32 Å². The van der Waals surface area contributed by atoms with Crippen LogP contribution in [0.1, 0.15) is 128 Å². The lowest BCUT2D eigenvalue weighted by Gasteiger charge is -2.64. The van der Waals surface area contributed by atoms with Gasteiger partial charge in [-0.3, -0.25) is 4.79 Å². The number of rotatable bonds is 8. The van der Waals surface area contributed by atoms with Gasteiger partial charge in [-0.05, 0) is 97.8 Å². The van der Waals surface area contributed by atoms with Gasteiger partial charge in [-0.1, -0.05) is 75.3 Å². The summed E-state index contributed by atoms with van der Waals surface area (Å²) in [7, 11) is 0. The molecule has 0 saturated heterocycles. The highest BCUT2D eigenvalue weighted by molar-refractivity contribution is 6.04. The van der Waals surface area contributed by atoms with Crippen molar-refractivity contribution in [3.63, 3.8) is 0 Å². The second kappa shape index (κ2) is 10.2. The van der Waals surface area contributed by atoms with Crippen molar-refractivity contribution in [3.05, 3.63) is 11.6 Å². The molecular weight excluding hydrogens is 468 g/mol. The summed E-state index contributed by atoms with van der Waals surface area (Å²) >= 11 is 0. The Bertz CT molecular complexity index is 1010. The summed E-state index contributed by atoms with van der Waals surface area (Å²) in [4.78, 5) is 26.1. The summed E-state index contributed by atoms with van der Waals surface area (Å²) < 4.78 is 0. The standard InChI is InChI=1S/C34H56N2O2/c1-12-36-34(17-15-29(4,5)20-23(34)2)18-16-30(6,7)33(11)14-13-26-31(8,9)28(38)25(22-35)21-32(26,10)27(33)19-24(3)37/h21,23,26-27,36H,12-20H2,1-11H3/t23?,26-,27+,32-,33+,34-/m0/s1. The number of carbonyl (C=O) groups excluding carboxylic acids is 2. The molecule has 0 bridgehead atoms. The number of ketones is 2. The first kappa shape index (κ1) is 31.1. The molecule has 0 heterocycles. The Labute approximate surface area is 233 Å². The predicted octanol–water partition coefficient (Wildman–Crippen LogP) is 8.06. The number of allylic oxidation sites excluding steroid dienone is 2. The zero-order valence-electron chi connectivity index (χ0n) is 26.4. The van der Waals surface area contributed by atoms with Crippen LogP contribution in [-0.2, 0) is 9.59 Å². The molecule has 0 spiro atoms. The molecule has 3 aliphatic carbocycles. The Morgan fingerprint density at radius 3 is 2.29 bits per heavy atom. The minimum atomic E-state index is -0.603. The third kappa shape index (κ3) is 5.07. The largest absolute Gasteiger partial charge is 0.311 e. The Balaban J connectivity index is 2.02. The van der Waals surface area contributed by atoms with Crippen molar-refractivity contribution in [3.8, 4) is 6.07 Å². The van der Waals surface area contributed by atoms with E-state index in [0.29, 0.717) is 17.8 Å². The van der Waals surface area contributed by atoms with Crippen molar-refractivity contribution in [2.45, 2.75) is 133 Å². The molecule has 2 saturated carbocycles. The monoisotopic (exact) mass is 524 g/mol. The number of nitrogens with zero attached hydrogens (tertiary/aromatic N) is 1. The predicted molar refractivity (Wildman–Crippen MR) is 156 cm³/mol. The van der Waals surface area contributed by atoms with Crippen molar-refractivity contribution in [2.75, 3.05) is 6.54 Å². The molecule has 0 amide bonds. The first-order chi connectivity index (χ1) is 17.3. The van der Waals surface area contributed by atoms with Crippen molar-refractivity contribution >= 4 is 11.6 Å². The molecule has 6 atom stereocenters. The Hall–Kier alpha value is -1.47. The maximum atomic E-state index is 13.2. The molecule has 38 heavy (non-hydrogen) atoms. The minimum Gasteiger partial charge on any atom is -0.311 e. The molecule has 4 heteroatoms. The second-order valence-corrected chi connectivity index (χ2v) is 15.9. The van der Waals surface area contributed by atoms with Crippen LogP contribution in [0.3, 0.4) is 0 Å². The zero-order valence-corrected chi connectivity index (χ0v) is 26.4. The maximum absolute atomic E-state index is 13.2. The van der Waals surface area contributed by atoms with E-state index in [4.69, 9.17) is 0 Å². The molecule has 0 aliphatic heterocycles. The molecule has 1 unspecified atom stereocenters. The third-order valence-corrected chi connectivity index (χ3v) is 12.3. The lowest BCUT2D eigenvalue weighted by Crippen LogP contribution is -2.60. The van der Waals surface area contributed by atoms with Gasteiger partial charge in [0.15, 0.2) is 5.78 Å². The van der Waals surface area contributed by atoms with E-state index < -0.39 is 5.41 Å². The molecule has 0 aromatic rings. The molecule has 1 N–H and O–H groups in total. The Morgan fingerprint density at radius 1 is 1.13 bits per heavy atom. The fourth-order valence-corrected chi connectivity index (χ4v) is 9.54. The molecule has 0 aromatic carbocycles. The van der Waals surface area contributed by atoms with E-state index in [2.05, 4.69) is 66.8 Å². The molecule has 0 radical (unpaired) electrons. The van der Waals surface area contributed by atoms with Crippen LogP contribution in [0.4, 0.5) is 0 Å². The van der Waals surface area contributed by atoms with Gasteiger partial charge in [0.05, 0.1) is 5.57 Å². The molecule has 4 nitrogen and oxygen atoms in total. The van der Waals surface area contributed by atoms with Crippen LogP contribution in [0.5, 0.6) is 0 Å². The van der Waals surface area contributed by atoms with Gasteiger partial charge in [0, 0.05) is 17.4 Å². The minimum absolute atomic E-state index is 0.0115. The van der Waals surface area contributed by atoms with Crippen LogP contribution >= 0.6 is 0 Å². The highest BCUT2D eigenvalue weighted by atomic mass is 16.1. The molecule has 0 aromatic heterocycles. The van der Waals surface area contributed by atoms with Gasteiger partial charge < -0.3 is 10.1 Å². The van der Waals surface area contributed by atoms with E-state index in [-0.39, 0.29) is 50.8 Å². The summed E-state index contributed by atoms with van der Waals surface area (Å²) in [5.41, 5.74) is -0.245. The normalized spacial score (nSPS) is 38.6. The molecule has 2 fully saturated rings. The smallest absolute Gasteiger partial charge is 0.178 e. The van der Waals surface area contributed by atoms with E-state index in [1.807, 2.05) is 19.9 Å². The summed E-state index contributed by atoms with van der Waals surface area (Å²) in [5, 5.41) is 13.9. The Kier molecular flexibility index (Phi) is 8.32. The number of carbonyl (C=O) groups is 2. The van der Waals surface area contributed by atoms with Crippen LogP contribution in [0.25, 0.3) is 0 Å². The van der Waals surface area contributed by atoms with Crippen LogP contribution in [0.2, 0.25) is 0 Å². The number of nitriles is 1. The van der Waals surface area contributed by atoms with Gasteiger partial charge in [0.1, 0.15) is 11.9 Å². The second-order valence-electron chi connectivity index (χ2n) is 15.9. The van der Waals surface area contributed by atoms with Crippen LogP contribution in [-0.4, -0.2) is 23.7 Å². The third-order valence-electron chi connectivity index (χ3n) is 12.3. The first-order valence-corrected chi connectivity index (χ1v) is 15.2. The number of fused-ring (bicyclic) bond motifs is 1. The number of hydrogen-bond acceptors (Lipinski definition) is 4. The summed E-state index contributed by atoms with van der Waals surface area (Å²) in [6.45, 7) is 25.7. The van der Waals surface area contributed by atoms with Gasteiger partial charge in [-0.25, -0.2) is 0 Å². The fraction of sp³-hybridized carbons (Fsp3) is 0.853. The number of nitrogens with one attached hydrogen (secondary N) is 1. The number of Topliss-reactive ketones (excluding diaryl/α,β-unsaturated/α-hetero) is 2. The van der Waals surface area contributed by atoms with Gasteiger partial charge in [0.25, 0.3) is 0 Å². The fourth-order valence-electron chi connectivity index (χ4n) is 9.54. The first-order valence-electron chi connectivity index (χ1n) is 15.2. The van der Waals surface area contributed by atoms with Crippen molar-refractivity contribution in [2.24, 2.45) is 44.8 Å². The lowest BCUT2D eigenvalue weighted by molar-refractivity contribution is -0.156. The average molecular weight is 525 g/mol. The van der Waals surface area contributed by atoms with E-state index in [1.165, 1.54) is 19.3 Å². The SMILES string of the molecule is CCN[C@]1(CCC(C)(C)[C@]2(C)CC[C@H]3C(C)(C)C(=O)C(C#N)=C[C@]3(C)[C@H]2CC(C)=O)CCC(C)(C)CC1C. The summed E-state index contributed by atoms with van der Waals surface area (Å²) in [6.07, 6.45) is 10.4. The zero-order chi connectivity index (χ0) is 28.9. The number of hydrogen-bond donors (Lipinski definition) is 1. The molecule has 214 valence electrons. The Morgan fingerprint density at radius 2 is 1.76 bits per heavy atom. The molecular formula is C34H56N2O2. The van der Waals surface area contributed by atoms with Gasteiger partial charge in [-0.2, -0.15) is 5.26 Å². The molecule has 3 aliphatic rings. The van der Waals surface area contributed by atoms with Gasteiger partial charge in [0.2, 0.25) is 0 Å². The van der Waals surface area contributed by atoms with E-state index in [0.717, 1.165) is 32.2 Å².